The number of rotatable bonds is 7. The molecule has 3 heteroatoms. The Bertz CT molecular complexity index is 3040. The first-order valence-electron chi connectivity index (χ1n) is 21.1. The number of nitrogens with zero attached hydrogens (tertiary/aromatic N) is 2. The van der Waals surface area contributed by atoms with Crippen LogP contribution in [0.2, 0.25) is 13.1 Å². The Kier molecular flexibility index (Phi) is 8.33. The summed E-state index contributed by atoms with van der Waals surface area (Å²) >= 11 is 0. The standard InChI is InChI=1S/C57H46N2Si/c1-57(2)52-25-15-14-23-47(52)48-33-31-44(37-53(48)57)59(42-21-12-7-13-22-42)45-32-34-49-51-36-35-46(50-24-16-26-54(56(50)51)60(3,4)55(49)38-45)39-27-29-43(30-28-39)58(40-17-8-5-9-18-40)41-19-10-6-11-20-41/h5-38H,1-4H3. The van der Waals surface area contributed by atoms with Crippen molar-refractivity contribution in [1.29, 1.82) is 0 Å². The van der Waals surface area contributed by atoms with E-state index in [0.717, 1.165) is 22.7 Å². The van der Waals surface area contributed by atoms with Gasteiger partial charge in [-0.25, -0.2) is 0 Å². The summed E-state index contributed by atoms with van der Waals surface area (Å²) < 4.78 is 0. The summed E-state index contributed by atoms with van der Waals surface area (Å²) in [5.41, 5.74) is 17.5. The molecule has 0 unspecified atom stereocenters. The molecule has 0 saturated carbocycles. The smallest absolute Gasteiger partial charge is 0.113 e. The summed E-state index contributed by atoms with van der Waals surface area (Å²) in [6.45, 7) is 9.81. The van der Waals surface area contributed by atoms with Crippen molar-refractivity contribution in [2.45, 2.75) is 32.4 Å². The van der Waals surface area contributed by atoms with Crippen molar-refractivity contribution in [3.05, 3.63) is 217 Å². The summed E-state index contributed by atoms with van der Waals surface area (Å²) in [7, 11) is -2.18. The van der Waals surface area contributed by atoms with E-state index in [9.17, 15) is 0 Å². The fourth-order valence-electron chi connectivity index (χ4n) is 10.2. The van der Waals surface area contributed by atoms with Crippen molar-refractivity contribution in [1.82, 2.24) is 0 Å². The Balaban J connectivity index is 1.01. The molecule has 1 aliphatic carbocycles. The normalized spacial score (nSPS) is 13.9. The molecule has 0 atom stereocenters. The van der Waals surface area contributed by atoms with E-state index in [1.165, 1.54) is 77.0 Å². The summed E-state index contributed by atoms with van der Waals surface area (Å²) in [5, 5.41) is 5.71. The quantitative estimate of drug-likeness (QED) is 0.149. The largest absolute Gasteiger partial charge is 0.311 e. The third-order valence-corrected chi connectivity index (χ3v) is 16.8. The number of fused-ring (bicyclic) bond motifs is 5. The average Bonchev–Trinajstić information content (AvgIpc) is 3.52. The van der Waals surface area contributed by atoms with Crippen LogP contribution in [0.4, 0.5) is 34.1 Å². The molecule has 2 aliphatic rings. The molecule has 0 N–H and O–H groups in total. The van der Waals surface area contributed by atoms with Gasteiger partial charge in [-0.05, 0) is 138 Å². The zero-order valence-corrected chi connectivity index (χ0v) is 35.5. The van der Waals surface area contributed by atoms with Crippen LogP contribution in [0, 0.1) is 0 Å². The lowest BCUT2D eigenvalue weighted by molar-refractivity contribution is 0.660. The van der Waals surface area contributed by atoms with Crippen LogP contribution >= 0.6 is 0 Å². The predicted molar refractivity (Wildman–Crippen MR) is 258 cm³/mol. The fraction of sp³-hybridized carbons (Fsp3) is 0.0877. The van der Waals surface area contributed by atoms with Gasteiger partial charge in [-0.1, -0.05) is 160 Å². The second-order valence-corrected chi connectivity index (χ2v) is 21.7. The van der Waals surface area contributed by atoms with Crippen molar-refractivity contribution in [2.75, 3.05) is 9.80 Å². The molecule has 0 bridgehead atoms. The lowest BCUT2D eigenvalue weighted by Crippen LogP contribution is -2.56. The summed E-state index contributed by atoms with van der Waals surface area (Å²) in [5.74, 6) is 0. The molecule has 9 aromatic rings. The second-order valence-electron chi connectivity index (χ2n) is 17.4. The molecule has 60 heavy (non-hydrogen) atoms. The maximum atomic E-state index is 2.54. The van der Waals surface area contributed by atoms with Gasteiger partial charge in [0, 0.05) is 39.5 Å². The number of anilines is 6. The number of hydrogen-bond donors (Lipinski definition) is 0. The molecule has 288 valence electrons. The summed E-state index contributed by atoms with van der Waals surface area (Å²) in [4.78, 5) is 4.79. The SMILES string of the molecule is CC1(C)c2ccccc2-c2ccc(N(c3ccccc3)c3ccc4c(c3)[Si](C)(C)c3cccc5c(-c6ccc(N(c7ccccc7)c7ccccc7)cc6)ccc-4c35)cc21. The van der Waals surface area contributed by atoms with E-state index in [-0.39, 0.29) is 5.41 Å². The first-order chi connectivity index (χ1) is 29.3. The van der Waals surface area contributed by atoms with Gasteiger partial charge in [0.15, 0.2) is 0 Å². The van der Waals surface area contributed by atoms with Crippen LogP contribution in [0.5, 0.6) is 0 Å². The van der Waals surface area contributed by atoms with Crippen molar-refractivity contribution in [3.8, 4) is 33.4 Å². The second kappa shape index (κ2) is 13.8. The highest BCUT2D eigenvalue weighted by Crippen LogP contribution is 2.51. The molecule has 11 rings (SSSR count). The van der Waals surface area contributed by atoms with Crippen molar-refractivity contribution < 1.29 is 0 Å². The maximum Gasteiger partial charge on any atom is 0.113 e. The fourth-order valence-corrected chi connectivity index (χ4v) is 13.3. The highest BCUT2D eigenvalue weighted by Gasteiger charge is 2.38. The van der Waals surface area contributed by atoms with Crippen LogP contribution in [0.1, 0.15) is 25.0 Å². The van der Waals surface area contributed by atoms with Crippen LogP contribution in [-0.2, 0) is 5.41 Å². The Morgan fingerprint density at radius 3 is 1.48 bits per heavy atom. The topological polar surface area (TPSA) is 6.48 Å². The van der Waals surface area contributed by atoms with Gasteiger partial charge in [0.05, 0.1) is 0 Å². The maximum absolute atomic E-state index is 2.54. The van der Waals surface area contributed by atoms with Gasteiger partial charge in [-0.2, -0.15) is 0 Å². The Morgan fingerprint density at radius 2 is 0.833 bits per heavy atom. The molecule has 0 saturated heterocycles. The van der Waals surface area contributed by atoms with Crippen LogP contribution in [0.25, 0.3) is 44.2 Å². The van der Waals surface area contributed by atoms with Crippen LogP contribution in [0.15, 0.2) is 206 Å². The van der Waals surface area contributed by atoms with E-state index < -0.39 is 8.07 Å². The van der Waals surface area contributed by atoms with E-state index in [1.54, 1.807) is 0 Å². The molecule has 0 amide bonds. The third kappa shape index (κ3) is 5.61. The molecule has 1 aliphatic heterocycles. The van der Waals surface area contributed by atoms with Crippen molar-refractivity contribution in [2.24, 2.45) is 0 Å². The lowest BCUT2D eigenvalue weighted by atomic mass is 9.82. The Hall–Kier alpha value is -6.94. The Morgan fingerprint density at radius 1 is 0.350 bits per heavy atom. The van der Waals surface area contributed by atoms with Gasteiger partial charge in [0.25, 0.3) is 0 Å². The lowest BCUT2D eigenvalue weighted by Gasteiger charge is -2.36. The first kappa shape index (κ1) is 36.2. The number of para-hydroxylation sites is 3. The van der Waals surface area contributed by atoms with Crippen LogP contribution < -0.4 is 20.2 Å². The van der Waals surface area contributed by atoms with E-state index >= 15 is 0 Å². The molecule has 1 heterocycles. The number of hydrogen-bond acceptors (Lipinski definition) is 2. The predicted octanol–water partition coefficient (Wildman–Crippen LogP) is 14.6. The zero-order chi connectivity index (χ0) is 40.6. The zero-order valence-electron chi connectivity index (χ0n) is 34.5. The van der Waals surface area contributed by atoms with Gasteiger partial charge in [0.1, 0.15) is 8.07 Å². The van der Waals surface area contributed by atoms with E-state index in [1.807, 2.05) is 0 Å². The number of benzene rings is 9. The molecule has 0 aromatic heterocycles. The molecule has 0 radical (unpaired) electrons. The van der Waals surface area contributed by atoms with Gasteiger partial charge in [0.2, 0.25) is 0 Å². The highest BCUT2D eigenvalue weighted by atomic mass is 28.3. The minimum Gasteiger partial charge on any atom is -0.311 e. The minimum atomic E-state index is -2.18. The highest BCUT2D eigenvalue weighted by molar-refractivity contribution is 7.03. The van der Waals surface area contributed by atoms with E-state index in [0.29, 0.717) is 0 Å². The Labute approximate surface area is 354 Å². The molecular weight excluding hydrogens is 741 g/mol. The minimum absolute atomic E-state index is 0.0803. The average molecular weight is 787 g/mol. The molecule has 2 nitrogen and oxygen atoms in total. The first-order valence-corrected chi connectivity index (χ1v) is 24.1. The van der Waals surface area contributed by atoms with E-state index in [2.05, 4.69) is 243 Å². The molecule has 9 aromatic carbocycles. The summed E-state index contributed by atoms with van der Waals surface area (Å²) in [6, 6.07) is 76.3. The van der Waals surface area contributed by atoms with Crippen LogP contribution in [-0.4, -0.2) is 8.07 Å². The van der Waals surface area contributed by atoms with Gasteiger partial charge in [-0.3, -0.25) is 0 Å². The van der Waals surface area contributed by atoms with Crippen LogP contribution in [0.3, 0.4) is 0 Å². The van der Waals surface area contributed by atoms with Gasteiger partial charge >= 0.3 is 0 Å². The van der Waals surface area contributed by atoms with Crippen molar-refractivity contribution >= 4 is 63.3 Å². The van der Waals surface area contributed by atoms with Gasteiger partial charge in [-0.15, -0.1) is 0 Å². The van der Waals surface area contributed by atoms with E-state index in [4.69, 9.17) is 0 Å². The third-order valence-electron chi connectivity index (χ3n) is 13.2. The summed E-state index contributed by atoms with van der Waals surface area (Å²) in [6.07, 6.45) is 0. The molecular formula is C57H46N2Si. The molecule has 0 spiro atoms. The van der Waals surface area contributed by atoms with Crippen molar-refractivity contribution in [3.63, 3.8) is 0 Å². The monoisotopic (exact) mass is 786 g/mol. The molecule has 0 fully saturated rings. The van der Waals surface area contributed by atoms with Gasteiger partial charge < -0.3 is 9.80 Å².